The van der Waals surface area contributed by atoms with E-state index in [0.29, 0.717) is 12.8 Å². The molecule has 1 aliphatic carbocycles. The number of fused-ring (bicyclic) bond motifs is 1. The topological polar surface area (TPSA) is 59.8 Å². The molecule has 0 spiro atoms. The van der Waals surface area contributed by atoms with Crippen molar-refractivity contribution in [2.75, 3.05) is 0 Å². The van der Waals surface area contributed by atoms with Gasteiger partial charge in [0.05, 0.1) is 12.2 Å². The van der Waals surface area contributed by atoms with Gasteiger partial charge in [0.15, 0.2) is 5.82 Å². The molecular weight excluding hydrogens is 362 g/mol. The van der Waals surface area contributed by atoms with Crippen molar-refractivity contribution >= 4 is 5.91 Å². The lowest BCUT2D eigenvalue weighted by atomic mass is 9.92. The molecule has 1 aliphatic rings. The Hall–Kier alpha value is -3.09. The lowest BCUT2D eigenvalue weighted by Crippen LogP contribution is -2.31. The van der Waals surface area contributed by atoms with E-state index < -0.39 is 11.6 Å². The highest BCUT2D eigenvalue weighted by Crippen LogP contribution is 2.31. The zero-order chi connectivity index (χ0) is 19.5. The minimum Gasteiger partial charge on any atom is -0.349 e. The molecule has 0 saturated carbocycles. The zero-order valence-corrected chi connectivity index (χ0v) is 15.2. The molecule has 0 fully saturated rings. The van der Waals surface area contributed by atoms with Crippen molar-refractivity contribution in [1.29, 1.82) is 0 Å². The van der Waals surface area contributed by atoms with E-state index in [0.717, 1.165) is 42.1 Å². The Kier molecular flexibility index (Phi) is 5.14. The molecule has 5 nitrogen and oxygen atoms in total. The van der Waals surface area contributed by atoms with E-state index in [1.165, 1.54) is 16.8 Å². The van der Waals surface area contributed by atoms with Gasteiger partial charge in [-0.2, -0.15) is 5.10 Å². The second kappa shape index (κ2) is 7.88. The van der Waals surface area contributed by atoms with Gasteiger partial charge < -0.3 is 5.32 Å². The normalized spacial score (nSPS) is 15.9. The van der Waals surface area contributed by atoms with Crippen LogP contribution in [0.3, 0.4) is 0 Å². The SMILES string of the molecule is O=C(CCc1ccncc1)N[C@@H]1CCCc2c1cnn2-c1ccc(F)cc1F. The summed E-state index contributed by atoms with van der Waals surface area (Å²) < 4.78 is 28.9. The van der Waals surface area contributed by atoms with Crippen molar-refractivity contribution in [2.24, 2.45) is 0 Å². The number of pyridine rings is 1. The molecular formula is C21H20F2N4O. The van der Waals surface area contributed by atoms with E-state index in [2.05, 4.69) is 15.4 Å². The third kappa shape index (κ3) is 3.78. The summed E-state index contributed by atoms with van der Waals surface area (Å²) in [6, 6.07) is 7.10. The molecule has 0 saturated heterocycles. The van der Waals surface area contributed by atoms with Crippen LogP contribution in [-0.2, 0) is 17.6 Å². The fraction of sp³-hybridized carbons (Fsp3) is 0.286. The predicted octanol–water partition coefficient (Wildman–Crippen LogP) is 3.67. The number of aryl methyl sites for hydroxylation is 1. The summed E-state index contributed by atoms with van der Waals surface area (Å²) in [5.74, 6) is -1.31. The molecule has 1 aromatic carbocycles. The van der Waals surface area contributed by atoms with Crippen molar-refractivity contribution < 1.29 is 13.6 Å². The maximum absolute atomic E-state index is 14.2. The number of carbonyl (C=O) groups is 1. The Morgan fingerprint density at radius 3 is 2.82 bits per heavy atom. The molecule has 2 heterocycles. The molecule has 28 heavy (non-hydrogen) atoms. The van der Waals surface area contributed by atoms with E-state index in [9.17, 15) is 13.6 Å². The summed E-state index contributed by atoms with van der Waals surface area (Å²) in [5, 5.41) is 7.38. The van der Waals surface area contributed by atoms with Crippen LogP contribution in [0.1, 0.15) is 42.1 Å². The van der Waals surface area contributed by atoms with Crippen LogP contribution in [-0.4, -0.2) is 20.7 Å². The molecule has 4 rings (SSSR count). The summed E-state index contributed by atoms with van der Waals surface area (Å²) in [5.41, 5.74) is 3.03. The second-order valence-corrected chi connectivity index (χ2v) is 6.92. The number of nitrogens with zero attached hydrogens (tertiary/aromatic N) is 3. The first kappa shape index (κ1) is 18.3. The summed E-state index contributed by atoms with van der Waals surface area (Å²) in [6.45, 7) is 0. The monoisotopic (exact) mass is 382 g/mol. The van der Waals surface area contributed by atoms with Crippen LogP contribution in [0.15, 0.2) is 48.9 Å². The van der Waals surface area contributed by atoms with Gasteiger partial charge in [0, 0.05) is 36.1 Å². The van der Waals surface area contributed by atoms with Crippen LogP contribution < -0.4 is 5.32 Å². The Morgan fingerprint density at radius 1 is 1.21 bits per heavy atom. The Balaban J connectivity index is 1.49. The molecule has 2 aromatic heterocycles. The molecule has 0 unspecified atom stereocenters. The fourth-order valence-electron chi connectivity index (χ4n) is 3.64. The predicted molar refractivity (Wildman–Crippen MR) is 99.9 cm³/mol. The lowest BCUT2D eigenvalue weighted by Gasteiger charge is -2.24. The molecule has 0 radical (unpaired) electrons. The third-order valence-electron chi connectivity index (χ3n) is 5.05. The smallest absolute Gasteiger partial charge is 0.220 e. The van der Waals surface area contributed by atoms with Gasteiger partial charge in [-0.3, -0.25) is 9.78 Å². The first-order chi connectivity index (χ1) is 13.6. The number of nitrogens with one attached hydrogen (secondary N) is 1. The van der Waals surface area contributed by atoms with Crippen molar-refractivity contribution in [3.8, 4) is 5.69 Å². The van der Waals surface area contributed by atoms with Gasteiger partial charge in [-0.05, 0) is 55.5 Å². The lowest BCUT2D eigenvalue weighted by molar-refractivity contribution is -0.121. The van der Waals surface area contributed by atoms with Crippen LogP contribution in [0.25, 0.3) is 5.69 Å². The van der Waals surface area contributed by atoms with Crippen LogP contribution in [0.2, 0.25) is 0 Å². The number of carbonyl (C=O) groups excluding carboxylic acids is 1. The first-order valence-corrected chi connectivity index (χ1v) is 9.32. The Morgan fingerprint density at radius 2 is 2.04 bits per heavy atom. The molecule has 7 heteroatoms. The average Bonchev–Trinajstić information content (AvgIpc) is 3.12. The third-order valence-corrected chi connectivity index (χ3v) is 5.05. The quantitative estimate of drug-likeness (QED) is 0.732. The van der Waals surface area contributed by atoms with Gasteiger partial charge in [0.2, 0.25) is 5.91 Å². The van der Waals surface area contributed by atoms with Crippen LogP contribution in [0.5, 0.6) is 0 Å². The Bertz CT molecular complexity index is 987. The van der Waals surface area contributed by atoms with E-state index >= 15 is 0 Å². The first-order valence-electron chi connectivity index (χ1n) is 9.32. The van der Waals surface area contributed by atoms with Gasteiger partial charge in [0.1, 0.15) is 11.5 Å². The van der Waals surface area contributed by atoms with Gasteiger partial charge in [-0.1, -0.05) is 0 Å². The highest BCUT2D eigenvalue weighted by atomic mass is 19.1. The van der Waals surface area contributed by atoms with Gasteiger partial charge in [0.25, 0.3) is 0 Å². The van der Waals surface area contributed by atoms with Crippen LogP contribution in [0.4, 0.5) is 8.78 Å². The van der Waals surface area contributed by atoms with Gasteiger partial charge in [-0.15, -0.1) is 0 Å². The maximum atomic E-state index is 14.2. The largest absolute Gasteiger partial charge is 0.349 e. The fourth-order valence-corrected chi connectivity index (χ4v) is 3.64. The number of aromatic nitrogens is 3. The van der Waals surface area contributed by atoms with Crippen molar-refractivity contribution in [3.63, 3.8) is 0 Å². The van der Waals surface area contributed by atoms with Crippen LogP contribution in [0, 0.1) is 11.6 Å². The van der Waals surface area contributed by atoms with Crippen LogP contribution >= 0.6 is 0 Å². The number of hydrogen-bond donors (Lipinski definition) is 1. The zero-order valence-electron chi connectivity index (χ0n) is 15.2. The molecule has 144 valence electrons. The summed E-state index contributed by atoms with van der Waals surface area (Å²) in [4.78, 5) is 16.4. The number of amides is 1. The number of hydrogen-bond acceptors (Lipinski definition) is 3. The molecule has 1 atom stereocenters. The molecule has 1 N–H and O–H groups in total. The van der Waals surface area contributed by atoms with Gasteiger partial charge >= 0.3 is 0 Å². The highest BCUT2D eigenvalue weighted by Gasteiger charge is 2.26. The molecule has 0 aliphatic heterocycles. The number of rotatable bonds is 5. The van der Waals surface area contributed by atoms with E-state index in [-0.39, 0.29) is 17.6 Å². The standard InChI is InChI=1S/C21H20F2N4O/c22-15-5-6-20(17(23)12-15)27-19-3-1-2-18(16(19)13-25-27)26-21(28)7-4-14-8-10-24-11-9-14/h5-6,8-13,18H,1-4,7H2,(H,26,28)/t18-/m1/s1. The van der Waals surface area contributed by atoms with E-state index in [4.69, 9.17) is 0 Å². The second-order valence-electron chi connectivity index (χ2n) is 6.92. The molecule has 0 bridgehead atoms. The minimum absolute atomic E-state index is 0.0321. The Labute approximate surface area is 161 Å². The molecule has 1 amide bonds. The number of benzene rings is 1. The van der Waals surface area contributed by atoms with Gasteiger partial charge in [-0.25, -0.2) is 13.5 Å². The summed E-state index contributed by atoms with van der Waals surface area (Å²) >= 11 is 0. The van der Waals surface area contributed by atoms with Crippen molar-refractivity contribution in [1.82, 2.24) is 20.1 Å². The van der Waals surface area contributed by atoms with E-state index in [1.807, 2.05) is 12.1 Å². The van der Waals surface area contributed by atoms with Crippen molar-refractivity contribution in [2.45, 2.75) is 38.1 Å². The highest BCUT2D eigenvalue weighted by molar-refractivity contribution is 5.76. The number of halogens is 2. The summed E-state index contributed by atoms with van der Waals surface area (Å²) in [7, 11) is 0. The van der Waals surface area contributed by atoms with Crippen molar-refractivity contribution in [3.05, 3.63) is 77.4 Å². The maximum Gasteiger partial charge on any atom is 0.220 e. The average molecular weight is 382 g/mol. The molecule has 3 aromatic rings. The summed E-state index contributed by atoms with van der Waals surface area (Å²) in [6.07, 6.45) is 8.53. The van der Waals surface area contributed by atoms with E-state index in [1.54, 1.807) is 18.6 Å². The minimum atomic E-state index is -0.658.